The number of hydrogen-bond acceptors (Lipinski definition) is 6. The van der Waals surface area contributed by atoms with E-state index in [2.05, 4.69) is 4.72 Å². The number of benzene rings is 2. The van der Waals surface area contributed by atoms with Gasteiger partial charge in [0.2, 0.25) is 10.0 Å². The maximum atomic E-state index is 12.5. The van der Waals surface area contributed by atoms with Gasteiger partial charge in [-0.3, -0.25) is 4.79 Å². The van der Waals surface area contributed by atoms with Gasteiger partial charge in [-0.05, 0) is 42.8 Å². The third-order valence-electron chi connectivity index (χ3n) is 3.66. The summed E-state index contributed by atoms with van der Waals surface area (Å²) in [6, 6.07) is 10.5. The fourth-order valence-electron chi connectivity index (χ4n) is 2.20. The monoisotopic (exact) mass is 442 g/mol. The summed E-state index contributed by atoms with van der Waals surface area (Å²) in [5.41, 5.74) is 0.935. The van der Waals surface area contributed by atoms with Gasteiger partial charge in [-0.1, -0.05) is 35.3 Å². The Labute approximate surface area is 172 Å². The van der Waals surface area contributed by atoms with Crippen molar-refractivity contribution in [3.8, 4) is 6.07 Å². The van der Waals surface area contributed by atoms with Gasteiger partial charge in [0.1, 0.15) is 12.6 Å². The van der Waals surface area contributed by atoms with E-state index in [1.807, 2.05) is 6.07 Å². The van der Waals surface area contributed by atoms with Crippen molar-refractivity contribution < 1.29 is 23.1 Å². The molecule has 2 N–H and O–H groups in total. The molecule has 0 aliphatic heterocycles. The molecule has 0 aromatic heterocycles. The van der Waals surface area contributed by atoms with Crippen molar-refractivity contribution in [3.63, 3.8) is 0 Å². The lowest BCUT2D eigenvalue weighted by Gasteiger charge is -2.20. The number of carbonyl (C=O) groups is 1. The predicted octanol–water partition coefficient (Wildman–Crippen LogP) is 2.64. The van der Waals surface area contributed by atoms with Crippen molar-refractivity contribution in [1.29, 1.82) is 5.26 Å². The molecule has 7 nitrogen and oxygen atoms in total. The third kappa shape index (κ3) is 5.67. The molecule has 2 rings (SSSR count). The lowest BCUT2D eigenvalue weighted by atomic mass is 10.1. The molecular formula is C18H16Cl2N2O5S. The summed E-state index contributed by atoms with van der Waals surface area (Å²) < 4.78 is 32.2. The highest BCUT2D eigenvalue weighted by Crippen LogP contribution is 2.25. The molecule has 0 aliphatic rings. The van der Waals surface area contributed by atoms with Crippen molar-refractivity contribution in [1.82, 2.24) is 4.72 Å². The number of ether oxygens (including phenoxy) is 1. The zero-order valence-electron chi connectivity index (χ0n) is 14.6. The van der Waals surface area contributed by atoms with Crippen LogP contribution in [0, 0.1) is 11.3 Å². The Bertz CT molecular complexity index is 1020. The number of hydrogen-bond donors (Lipinski definition) is 2. The summed E-state index contributed by atoms with van der Waals surface area (Å²) in [6.07, 6.45) is -1.37. The zero-order valence-corrected chi connectivity index (χ0v) is 16.9. The number of nitriles is 1. The van der Waals surface area contributed by atoms with E-state index < -0.39 is 28.1 Å². The fourth-order valence-corrected chi connectivity index (χ4v) is 3.84. The largest absolute Gasteiger partial charge is 0.460 e. The SMILES string of the molecule is C[C@@H](O)[C@H](NS(=O)(=O)c1ccc(Cl)c(Cl)c1)C(=O)OCc1cccc(C#N)c1. The van der Waals surface area contributed by atoms with E-state index in [9.17, 15) is 18.3 Å². The number of esters is 1. The molecule has 0 unspecified atom stereocenters. The molecule has 0 aliphatic carbocycles. The van der Waals surface area contributed by atoms with E-state index in [1.54, 1.807) is 18.2 Å². The van der Waals surface area contributed by atoms with E-state index in [0.29, 0.717) is 11.1 Å². The third-order valence-corrected chi connectivity index (χ3v) is 5.83. The summed E-state index contributed by atoms with van der Waals surface area (Å²) in [6.45, 7) is 1.06. The van der Waals surface area contributed by atoms with Crippen molar-refractivity contribution in [3.05, 3.63) is 63.6 Å². The second-order valence-corrected chi connectivity index (χ2v) is 8.36. The first kappa shape index (κ1) is 22.1. The van der Waals surface area contributed by atoms with Gasteiger partial charge in [0.15, 0.2) is 0 Å². The number of nitrogens with zero attached hydrogens (tertiary/aromatic N) is 1. The summed E-state index contributed by atoms with van der Waals surface area (Å²) >= 11 is 11.6. The van der Waals surface area contributed by atoms with E-state index >= 15 is 0 Å². The second-order valence-electron chi connectivity index (χ2n) is 5.84. The number of sulfonamides is 1. The van der Waals surface area contributed by atoms with Crippen LogP contribution in [0.5, 0.6) is 0 Å². The summed E-state index contributed by atoms with van der Waals surface area (Å²) in [5, 5.41) is 18.9. The Hall–Kier alpha value is -2.15. The molecule has 0 radical (unpaired) electrons. The predicted molar refractivity (Wildman–Crippen MR) is 103 cm³/mol. The van der Waals surface area contributed by atoms with Gasteiger partial charge in [0, 0.05) is 0 Å². The number of aliphatic hydroxyl groups excluding tert-OH is 1. The van der Waals surface area contributed by atoms with Gasteiger partial charge >= 0.3 is 5.97 Å². The molecule has 0 bridgehead atoms. The van der Waals surface area contributed by atoms with Crippen LogP contribution in [-0.2, 0) is 26.2 Å². The van der Waals surface area contributed by atoms with Crippen LogP contribution >= 0.6 is 23.2 Å². The number of aliphatic hydroxyl groups is 1. The van der Waals surface area contributed by atoms with E-state index in [-0.39, 0.29) is 21.5 Å². The number of carbonyl (C=O) groups excluding carboxylic acids is 1. The van der Waals surface area contributed by atoms with Crippen LogP contribution in [-0.4, -0.2) is 31.6 Å². The molecule has 148 valence electrons. The molecule has 0 amide bonds. The van der Waals surface area contributed by atoms with E-state index in [0.717, 1.165) is 6.07 Å². The van der Waals surface area contributed by atoms with Gasteiger partial charge in [-0.25, -0.2) is 8.42 Å². The first-order valence-electron chi connectivity index (χ1n) is 7.95. The van der Waals surface area contributed by atoms with Gasteiger partial charge in [0.05, 0.1) is 32.7 Å². The first-order chi connectivity index (χ1) is 13.1. The van der Waals surface area contributed by atoms with E-state index in [4.69, 9.17) is 33.2 Å². The summed E-state index contributed by atoms with van der Waals surface area (Å²) in [4.78, 5) is 12.1. The Morgan fingerprint density at radius 3 is 2.57 bits per heavy atom. The van der Waals surface area contributed by atoms with Crippen LogP contribution < -0.4 is 4.72 Å². The smallest absolute Gasteiger partial charge is 0.327 e. The number of nitrogens with one attached hydrogen (secondary N) is 1. The lowest BCUT2D eigenvalue weighted by molar-refractivity contribution is -0.149. The Morgan fingerprint density at radius 2 is 1.96 bits per heavy atom. The lowest BCUT2D eigenvalue weighted by Crippen LogP contribution is -2.48. The second kappa shape index (κ2) is 9.37. The van der Waals surface area contributed by atoms with Crippen LogP contribution in [0.25, 0.3) is 0 Å². The van der Waals surface area contributed by atoms with Crippen LogP contribution in [0.2, 0.25) is 10.0 Å². The summed E-state index contributed by atoms with van der Waals surface area (Å²) in [5.74, 6) is -0.971. The average Bonchev–Trinajstić information content (AvgIpc) is 2.66. The van der Waals surface area contributed by atoms with Gasteiger partial charge in [-0.15, -0.1) is 0 Å². The standard InChI is InChI=1S/C18H16Cl2N2O5S/c1-11(23)17(18(24)27-10-13-4-2-3-12(7-13)9-21)22-28(25,26)14-5-6-15(19)16(20)8-14/h2-8,11,17,22-23H,10H2,1H3/t11-,17+/m1/s1. The normalized spacial score (nSPS) is 13.4. The average molecular weight is 443 g/mol. The van der Waals surface area contributed by atoms with Gasteiger partial charge in [-0.2, -0.15) is 9.98 Å². The minimum atomic E-state index is -4.18. The van der Waals surface area contributed by atoms with Crippen molar-refractivity contribution in [2.75, 3.05) is 0 Å². The maximum Gasteiger partial charge on any atom is 0.327 e. The molecule has 2 aromatic carbocycles. The highest BCUT2D eigenvalue weighted by atomic mass is 35.5. The van der Waals surface area contributed by atoms with Gasteiger partial charge in [0.25, 0.3) is 0 Å². The molecule has 0 saturated heterocycles. The minimum Gasteiger partial charge on any atom is -0.460 e. The topological polar surface area (TPSA) is 116 Å². The highest BCUT2D eigenvalue weighted by molar-refractivity contribution is 7.89. The van der Waals surface area contributed by atoms with Crippen LogP contribution in [0.3, 0.4) is 0 Å². The molecular weight excluding hydrogens is 427 g/mol. The molecule has 2 atom stereocenters. The molecule has 10 heteroatoms. The van der Waals surface area contributed by atoms with Crippen molar-refractivity contribution >= 4 is 39.2 Å². The molecule has 2 aromatic rings. The van der Waals surface area contributed by atoms with Crippen LogP contribution in [0.15, 0.2) is 47.4 Å². The van der Waals surface area contributed by atoms with Crippen molar-refractivity contribution in [2.45, 2.75) is 30.6 Å². The maximum absolute atomic E-state index is 12.5. The Kier molecular flexibility index (Phi) is 7.41. The Morgan fingerprint density at radius 1 is 1.25 bits per heavy atom. The zero-order chi connectivity index (χ0) is 20.9. The molecule has 0 fully saturated rings. The number of halogens is 2. The molecule has 0 saturated carbocycles. The minimum absolute atomic E-state index is 0.0260. The summed E-state index contributed by atoms with van der Waals surface area (Å²) in [7, 11) is -4.18. The van der Waals surface area contributed by atoms with Crippen LogP contribution in [0.1, 0.15) is 18.1 Å². The molecule has 28 heavy (non-hydrogen) atoms. The quantitative estimate of drug-likeness (QED) is 0.636. The highest BCUT2D eigenvalue weighted by Gasteiger charge is 2.31. The van der Waals surface area contributed by atoms with Gasteiger partial charge < -0.3 is 9.84 Å². The first-order valence-corrected chi connectivity index (χ1v) is 10.2. The van der Waals surface area contributed by atoms with Crippen molar-refractivity contribution in [2.24, 2.45) is 0 Å². The van der Waals surface area contributed by atoms with E-state index in [1.165, 1.54) is 25.1 Å². The molecule has 0 heterocycles. The van der Waals surface area contributed by atoms with Crippen LogP contribution in [0.4, 0.5) is 0 Å². The fraction of sp³-hybridized carbons (Fsp3) is 0.222. The Balaban J connectivity index is 2.14. The number of rotatable bonds is 7. The molecule has 0 spiro atoms.